The molecule has 0 saturated heterocycles. The van der Waals surface area contributed by atoms with Gasteiger partial charge >= 0.3 is 0 Å². The number of rotatable bonds is 14. The Morgan fingerprint density at radius 1 is 0.959 bits per heavy atom. The first-order valence-electron chi connectivity index (χ1n) is 14.9. The fourth-order valence-electron chi connectivity index (χ4n) is 5.14. The molecule has 11 nitrogen and oxygen atoms in total. The molecule has 4 aromatic carbocycles. The van der Waals surface area contributed by atoms with E-state index in [0.717, 1.165) is 15.9 Å². The van der Waals surface area contributed by atoms with Gasteiger partial charge in [-0.3, -0.25) is 24.0 Å². The molecule has 0 saturated carbocycles. The average molecular weight is 748 g/mol. The van der Waals surface area contributed by atoms with Gasteiger partial charge in [0.25, 0.3) is 15.7 Å². The molecule has 0 bridgehead atoms. The normalized spacial score (nSPS) is 11.8. The molecular weight excluding hydrogens is 715 g/mol. The van der Waals surface area contributed by atoms with E-state index in [1.165, 1.54) is 49.3 Å². The highest BCUT2D eigenvalue weighted by Gasteiger charge is 2.36. The maximum absolute atomic E-state index is 14.7. The number of hydrogen-bond donors (Lipinski definition) is 1. The molecule has 0 spiro atoms. The van der Waals surface area contributed by atoms with Crippen molar-refractivity contribution in [2.24, 2.45) is 0 Å². The zero-order chi connectivity index (χ0) is 35.9. The molecule has 15 heteroatoms. The number of nitrogens with zero attached hydrogens (tertiary/aromatic N) is 3. The average Bonchev–Trinajstić information content (AvgIpc) is 3.06. The van der Waals surface area contributed by atoms with E-state index in [4.69, 9.17) is 39.5 Å². The molecule has 4 aromatic rings. The van der Waals surface area contributed by atoms with Crippen LogP contribution in [0.3, 0.4) is 0 Å². The van der Waals surface area contributed by atoms with Gasteiger partial charge in [0.15, 0.2) is 0 Å². The van der Waals surface area contributed by atoms with Gasteiger partial charge < -0.3 is 15.0 Å². The summed E-state index contributed by atoms with van der Waals surface area (Å²) < 4.78 is 35.1. The first-order chi connectivity index (χ1) is 23.3. The molecular formula is C34H33Cl3N4O7S. The quantitative estimate of drug-likeness (QED) is 0.110. The predicted octanol–water partition coefficient (Wildman–Crippen LogP) is 6.84. The lowest BCUT2D eigenvalue weighted by atomic mass is 10.0. The Kier molecular flexibility index (Phi) is 12.5. The second-order valence-electron chi connectivity index (χ2n) is 10.9. The maximum Gasteiger partial charge on any atom is 0.273 e. The van der Waals surface area contributed by atoms with Gasteiger partial charge in [0.05, 0.1) is 22.6 Å². The summed E-state index contributed by atoms with van der Waals surface area (Å²) in [4.78, 5) is 40.2. The summed E-state index contributed by atoms with van der Waals surface area (Å²) in [7, 11) is -3.41. The molecule has 0 aromatic heterocycles. The number of benzene rings is 4. The van der Waals surface area contributed by atoms with Crippen molar-refractivity contribution in [2.75, 3.05) is 24.5 Å². The van der Waals surface area contributed by atoms with E-state index in [9.17, 15) is 28.1 Å². The number of nitrogens with one attached hydrogen (secondary N) is 1. The van der Waals surface area contributed by atoms with Gasteiger partial charge in [-0.2, -0.15) is 0 Å². The van der Waals surface area contributed by atoms with Crippen LogP contribution < -0.4 is 14.4 Å². The lowest BCUT2D eigenvalue weighted by molar-refractivity contribution is -0.385. The predicted molar refractivity (Wildman–Crippen MR) is 190 cm³/mol. The van der Waals surface area contributed by atoms with E-state index in [0.29, 0.717) is 5.56 Å². The van der Waals surface area contributed by atoms with Gasteiger partial charge in [-0.1, -0.05) is 77.3 Å². The van der Waals surface area contributed by atoms with Crippen molar-refractivity contribution in [3.63, 3.8) is 0 Å². The fourth-order valence-corrected chi connectivity index (χ4v) is 7.27. The van der Waals surface area contributed by atoms with Crippen molar-refractivity contribution in [3.8, 4) is 5.75 Å². The minimum absolute atomic E-state index is 0.0487. The van der Waals surface area contributed by atoms with E-state index >= 15 is 0 Å². The van der Waals surface area contributed by atoms with Crippen molar-refractivity contribution in [2.45, 2.75) is 37.8 Å². The van der Waals surface area contributed by atoms with Gasteiger partial charge in [0.1, 0.15) is 18.3 Å². The van der Waals surface area contributed by atoms with E-state index in [-0.39, 0.29) is 51.6 Å². The van der Waals surface area contributed by atoms with E-state index < -0.39 is 49.9 Å². The van der Waals surface area contributed by atoms with Gasteiger partial charge in [-0.05, 0) is 55.8 Å². The van der Waals surface area contributed by atoms with E-state index in [2.05, 4.69) is 5.32 Å². The minimum atomic E-state index is -4.72. The van der Waals surface area contributed by atoms with Crippen LogP contribution in [0.2, 0.25) is 15.1 Å². The molecule has 49 heavy (non-hydrogen) atoms. The van der Waals surface area contributed by atoms with Crippen LogP contribution in [0.1, 0.15) is 23.6 Å². The zero-order valence-electron chi connectivity index (χ0n) is 26.7. The molecule has 0 radical (unpaired) electrons. The summed E-state index contributed by atoms with van der Waals surface area (Å²) in [6, 6.07) is 20.3. The molecule has 258 valence electrons. The summed E-state index contributed by atoms with van der Waals surface area (Å²) in [5, 5.41) is 15.1. The number of carbonyl (C=O) groups excluding carboxylic acids is 2. The van der Waals surface area contributed by atoms with Crippen molar-refractivity contribution in [3.05, 3.63) is 127 Å². The third-order valence-electron chi connectivity index (χ3n) is 7.67. The number of aryl methyl sites for hydroxylation is 1. The molecule has 0 unspecified atom stereocenters. The largest absolute Gasteiger partial charge is 0.495 e. The van der Waals surface area contributed by atoms with Crippen LogP contribution >= 0.6 is 34.8 Å². The molecule has 0 heterocycles. The Bertz CT molecular complexity index is 1940. The lowest BCUT2D eigenvalue weighted by Crippen LogP contribution is -2.53. The van der Waals surface area contributed by atoms with Gasteiger partial charge in [-0.15, -0.1) is 0 Å². The standard InChI is InChI=1S/C34H33Cl3N4O7S/c1-4-38-34(43)31(17-23-9-6-5-7-10-23)39(20-26-27(36)11-8-12-28(26)37)33(42)21-40(30-18-24(35)14-16-32(30)48-3)49(46,47)25-15-13-22(2)29(19-25)41(44)45/h5-16,18-19,31H,4,17,20-21H2,1-3H3,(H,38,43)/t31-/m1/s1. The van der Waals surface area contributed by atoms with Crippen molar-refractivity contribution in [1.29, 1.82) is 0 Å². The monoisotopic (exact) mass is 746 g/mol. The second kappa shape index (κ2) is 16.4. The van der Waals surface area contributed by atoms with Gasteiger partial charge in [0.2, 0.25) is 11.8 Å². The van der Waals surface area contributed by atoms with Crippen LogP contribution in [0.25, 0.3) is 0 Å². The summed E-state index contributed by atoms with van der Waals surface area (Å²) in [5.74, 6) is -1.25. The number of nitro groups is 1. The minimum Gasteiger partial charge on any atom is -0.495 e. The van der Waals surface area contributed by atoms with Gasteiger partial charge in [0, 0.05) is 51.8 Å². The zero-order valence-corrected chi connectivity index (χ0v) is 29.8. The molecule has 1 atom stereocenters. The van der Waals surface area contributed by atoms with Crippen molar-refractivity contribution in [1.82, 2.24) is 10.2 Å². The smallest absolute Gasteiger partial charge is 0.273 e. The molecule has 0 aliphatic rings. The molecule has 2 amide bonds. The Morgan fingerprint density at radius 2 is 1.63 bits per heavy atom. The Balaban J connectivity index is 1.92. The van der Waals surface area contributed by atoms with E-state index in [1.54, 1.807) is 49.4 Å². The van der Waals surface area contributed by atoms with Crippen LogP contribution in [-0.2, 0) is 32.6 Å². The van der Waals surface area contributed by atoms with E-state index in [1.807, 2.05) is 6.07 Å². The number of halogens is 3. The lowest BCUT2D eigenvalue weighted by Gasteiger charge is -2.34. The van der Waals surface area contributed by atoms with Crippen LogP contribution in [0.5, 0.6) is 5.75 Å². The topological polar surface area (TPSA) is 139 Å². The third kappa shape index (κ3) is 8.82. The highest BCUT2D eigenvalue weighted by atomic mass is 35.5. The number of hydrogen-bond acceptors (Lipinski definition) is 7. The highest BCUT2D eigenvalue weighted by Crippen LogP contribution is 2.36. The number of anilines is 1. The van der Waals surface area contributed by atoms with Crippen LogP contribution in [0.4, 0.5) is 11.4 Å². The molecule has 0 fully saturated rings. The number of methoxy groups -OCH3 is 1. The first-order valence-corrected chi connectivity index (χ1v) is 17.5. The maximum atomic E-state index is 14.7. The molecule has 0 aliphatic heterocycles. The van der Waals surface area contributed by atoms with Crippen molar-refractivity contribution >= 4 is 68.0 Å². The third-order valence-corrected chi connectivity index (χ3v) is 10.4. The number of likely N-dealkylation sites (N-methyl/N-ethyl adjacent to an activating group) is 1. The number of amides is 2. The Labute approximate surface area is 299 Å². The SMILES string of the molecule is CCNC(=O)[C@@H](Cc1ccccc1)N(Cc1c(Cl)cccc1Cl)C(=O)CN(c1cc(Cl)ccc1OC)S(=O)(=O)c1ccc(C)c([N+](=O)[O-])c1. The van der Waals surface area contributed by atoms with Crippen molar-refractivity contribution < 1.29 is 27.7 Å². The molecule has 0 aliphatic carbocycles. The van der Waals surface area contributed by atoms with Crippen LogP contribution in [-0.4, -0.2) is 56.3 Å². The number of nitro benzene ring substituents is 1. The molecule has 1 N–H and O–H groups in total. The van der Waals surface area contributed by atoms with Crippen LogP contribution in [0, 0.1) is 17.0 Å². The second-order valence-corrected chi connectivity index (χ2v) is 14.0. The number of carbonyl (C=O) groups is 2. The first kappa shape index (κ1) is 37.5. The summed E-state index contributed by atoms with van der Waals surface area (Å²) in [6.45, 7) is 2.33. The Hall–Kier alpha value is -4.36. The fraction of sp³-hybridized carbons (Fsp3) is 0.235. The summed E-state index contributed by atoms with van der Waals surface area (Å²) in [6.07, 6.45) is 0.0673. The molecule has 4 rings (SSSR count). The highest BCUT2D eigenvalue weighted by molar-refractivity contribution is 7.92. The van der Waals surface area contributed by atoms with Gasteiger partial charge in [-0.25, -0.2) is 8.42 Å². The summed E-state index contributed by atoms with van der Waals surface area (Å²) in [5.41, 5.74) is 0.764. The summed E-state index contributed by atoms with van der Waals surface area (Å²) >= 11 is 19.4. The number of ether oxygens (including phenoxy) is 1. The van der Waals surface area contributed by atoms with Crippen LogP contribution in [0.15, 0.2) is 89.8 Å². The number of sulfonamides is 1. The Morgan fingerprint density at radius 3 is 2.24 bits per heavy atom.